The number of phenolic OH excluding ortho intramolecular Hbond substituents is 3. The second kappa shape index (κ2) is 6.68. The number of aromatic hydroxyl groups is 3. The quantitative estimate of drug-likeness (QED) is 0.695. The summed E-state index contributed by atoms with van der Waals surface area (Å²) in [5, 5.41) is 28.4. The molecule has 1 saturated heterocycles. The summed E-state index contributed by atoms with van der Waals surface area (Å²) in [6.07, 6.45) is 3.10. The first-order chi connectivity index (χ1) is 12.0. The van der Waals surface area contributed by atoms with Gasteiger partial charge in [0.2, 0.25) is 0 Å². The van der Waals surface area contributed by atoms with Gasteiger partial charge in [-0.25, -0.2) is 0 Å². The summed E-state index contributed by atoms with van der Waals surface area (Å²) < 4.78 is 0. The summed E-state index contributed by atoms with van der Waals surface area (Å²) >= 11 is 0. The van der Waals surface area contributed by atoms with Crippen LogP contribution in [0.5, 0.6) is 17.2 Å². The minimum atomic E-state index is -0.663. The number of carbonyl (C=O) groups is 2. The number of piperazine rings is 1. The molecule has 1 aliphatic heterocycles. The van der Waals surface area contributed by atoms with Crippen molar-refractivity contribution in [3.05, 3.63) is 47.8 Å². The SMILES string of the molecule is O=C(c1ccncc1)N1CCN(C(=O)c2cc(O)c(O)c(O)c2)CC1. The number of phenols is 3. The monoisotopic (exact) mass is 343 g/mol. The average molecular weight is 343 g/mol. The first kappa shape index (κ1) is 16.6. The maximum atomic E-state index is 12.5. The van der Waals surface area contributed by atoms with Crippen molar-refractivity contribution in [2.75, 3.05) is 26.2 Å². The molecule has 2 aromatic rings. The van der Waals surface area contributed by atoms with Gasteiger partial charge in [0.25, 0.3) is 11.8 Å². The third-order valence-electron chi connectivity index (χ3n) is 4.10. The van der Waals surface area contributed by atoms with Crippen molar-refractivity contribution in [3.8, 4) is 17.2 Å². The second-order valence-electron chi connectivity index (χ2n) is 5.68. The van der Waals surface area contributed by atoms with Crippen molar-refractivity contribution in [2.24, 2.45) is 0 Å². The molecular formula is C17H17N3O5. The van der Waals surface area contributed by atoms with Gasteiger partial charge >= 0.3 is 0 Å². The van der Waals surface area contributed by atoms with Crippen LogP contribution in [0.3, 0.4) is 0 Å². The van der Waals surface area contributed by atoms with Crippen LogP contribution in [0.15, 0.2) is 36.7 Å². The highest BCUT2D eigenvalue weighted by Gasteiger charge is 2.26. The van der Waals surface area contributed by atoms with E-state index in [0.717, 1.165) is 12.1 Å². The van der Waals surface area contributed by atoms with E-state index >= 15 is 0 Å². The Bertz CT molecular complexity index is 778. The minimum absolute atomic E-state index is 0.0710. The van der Waals surface area contributed by atoms with Crippen LogP contribution < -0.4 is 0 Å². The van der Waals surface area contributed by atoms with Gasteiger partial charge in [-0.1, -0.05) is 0 Å². The minimum Gasteiger partial charge on any atom is -0.504 e. The van der Waals surface area contributed by atoms with E-state index in [1.807, 2.05) is 0 Å². The Morgan fingerprint density at radius 1 is 0.800 bits per heavy atom. The largest absolute Gasteiger partial charge is 0.504 e. The van der Waals surface area contributed by atoms with Crippen LogP contribution in [0.25, 0.3) is 0 Å². The Balaban J connectivity index is 1.66. The molecule has 8 nitrogen and oxygen atoms in total. The third-order valence-corrected chi connectivity index (χ3v) is 4.10. The predicted octanol–water partition coefficient (Wildman–Crippen LogP) is 0.797. The smallest absolute Gasteiger partial charge is 0.254 e. The van der Waals surface area contributed by atoms with Crippen molar-refractivity contribution in [1.29, 1.82) is 0 Å². The predicted molar refractivity (Wildman–Crippen MR) is 87.5 cm³/mol. The van der Waals surface area contributed by atoms with Crippen molar-refractivity contribution < 1.29 is 24.9 Å². The normalized spacial score (nSPS) is 14.4. The molecule has 1 aromatic heterocycles. The number of aromatic nitrogens is 1. The Labute approximate surface area is 143 Å². The summed E-state index contributed by atoms with van der Waals surface area (Å²) in [6.45, 7) is 1.42. The van der Waals surface area contributed by atoms with E-state index in [-0.39, 0.29) is 17.4 Å². The van der Waals surface area contributed by atoms with E-state index in [2.05, 4.69) is 4.98 Å². The molecule has 0 atom stereocenters. The van der Waals surface area contributed by atoms with Gasteiger partial charge in [0.05, 0.1) is 0 Å². The van der Waals surface area contributed by atoms with Gasteiger partial charge in [-0.3, -0.25) is 14.6 Å². The number of rotatable bonds is 2. The molecule has 0 spiro atoms. The van der Waals surface area contributed by atoms with E-state index in [9.17, 15) is 24.9 Å². The molecule has 3 rings (SSSR count). The highest BCUT2D eigenvalue weighted by molar-refractivity contribution is 5.96. The van der Waals surface area contributed by atoms with Crippen molar-refractivity contribution in [2.45, 2.75) is 0 Å². The number of hydrogen-bond acceptors (Lipinski definition) is 6. The van der Waals surface area contributed by atoms with Crippen molar-refractivity contribution in [3.63, 3.8) is 0 Å². The van der Waals surface area contributed by atoms with Crippen LogP contribution in [-0.4, -0.2) is 68.1 Å². The maximum absolute atomic E-state index is 12.5. The Morgan fingerprint density at radius 3 is 1.72 bits per heavy atom. The Morgan fingerprint density at radius 2 is 1.24 bits per heavy atom. The molecule has 3 N–H and O–H groups in total. The van der Waals surface area contributed by atoms with E-state index in [1.54, 1.807) is 29.4 Å². The molecule has 1 aromatic carbocycles. The number of pyridine rings is 1. The summed E-state index contributed by atoms with van der Waals surface area (Å²) in [5.41, 5.74) is 0.616. The van der Waals surface area contributed by atoms with E-state index in [0.29, 0.717) is 31.7 Å². The Kier molecular flexibility index (Phi) is 4.42. The fourth-order valence-corrected chi connectivity index (χ4v) is 2.70. The lowest BCUT2D eigenvalue weighted by Crippen LogP contribution is -2.50. The zero-order valence-corrected chi connectivity index (χ0v) is 13.3. The molecule has 0 aliphatic carbocycles. The van der Waals surface area contributed by atoms with Crippen molar-refractivity contribution >= 4 is 11.8 Å². The van der Waals surface area contributed by atoms with E-state index in [4.69, 9.17) is 0 Å². The van der Waals surface area contributed by atoms with Gasteiger partial charge in [-0.15, -0.1) is 0 Å². The standard InChI is InChI=1S/C17H17N3O5/c21-13-9-12(10-14(22)15(13)23)17(25)20-7-5-19(6-8-20)16(24)11-1-3-18-4-2-11/h1-4,9-10,21-23H,5-8H2. The van der Waals surface area contributed by atoms with Crippen LogP contribution in [-0.2, 0) is 0 Å². The summed E-state index contributed by atoms with van der Waals surface area (Å²) in [4.78, 5) is 31.9. The Hall–Kier alpha value is -3.29. The number of nitrogens with zero attached hydrogens (tertiary/aromatic N) is 3. The van der Waals surface area contributed by atoms with Crippen LogP contribution >= 0.6 is 0 Å². The lowest BCUT2D eigenvalue weighted by molar-refractivity contribution is 0.0535. The second-order valence-corrected chi connectivity index (χ2v) is 5.68. The van der Waals surface area contributed by atoms with Crippen LogP contribution in [0.1, 0.15) is 20.7 Å². The molecule has 25 heavy (non-hydrogen) atoms. The van der Waals surface area contributed by atoms with Gasteiger partial charge in [0.15, 0.2) is 17.2 Å². The van der Waals surface area contributed by atoms with E-state index in [1.165, 1.54) is 4.90 Å². The molecule has 0 saturated carbocycles. The fraction of sp³-hybridized carbons (Fsp3) is 0.235. The topological polar surface area (TPSA) is 114 Å². The van der Waals surface area contributed by atoms with Gasteiger partial charge in [-0.2, -0.15) is 0 Å². The summed E-state index contributed by atoms with van der Waals surface area (Å²) in [5.74, 6) is -2.29. The maximum Gasteiger partial charge on any atom is 0.254 e. The lowest BCUT2D eigenvalue weighted by Gasteiger charge is -2.34. The molecular weight excluding hydrogens is 326 g/mol. The first-order valence-corrected chi connectivity index (χ1v) is 7.71. The summed E-state index contributed by atoms with van der Waals surface area (Å²) in [6, 6.07) is 5.49. The molecule has 1 fully saturated rings. The molecule has 130 valence electrons. The van der Waals surface area contributed by atoms with E-state index < -0.39 is 17.2 Å². The highest BCUT2D eigenvalue weighted by Crippen LogP contribution is 2.35. The van der Waals surface area contributed by atoms with Gasteiger partial charge in [0.1, 0.15) is 0 Å². The van der Waals surface area contributed by atoms with Crippen LogP contribution in [0, 0.1) is 0 Å². The summed E-state index contributed by atoms with van der Waals surface area (Å²) in [7, 11) is 0. The molecule has 2 amide bonds. The van der Waals surface area contributed by atoms with Gasteiger partial charge in [-0.05, 0) is 24.3 Å². The van der Waals surface area contributed by atoms with Crippen LogP contribution in [0.4, 0.5) is 0 Å². The fourth-order valence-electron chi connectivity index (χ4n) is 2.70. The first-order valence-electron chi connectivity index (χ1n) is 7.71. The molecule has 2 heterocycles. The van der Waals surface area contributed by atoms with Crippen LogP contribution in [0.2, 0.25) is 0 Å². The zero-order chi connectivity index (χ0) is 18.0. The number of carbonyl (C=O) groups excluding carboxylic acids is 2. The molecule has 0 bridgehead atoms. The van der Waals surface area contributed by atoms with Crippen molar-refractivity contribution in [1.82, 2.24) is 14.8 Å². The third kappa shape index (κ3) is 3.32. The lowest BCUT2D eigenvalue weighted by atomic mass is 10.1. The van der Waals surface area contributed by atoms with Gasteiger partial charge < -0.3 is 25.1 Å². The number of hydrogen-bond donors (Lipinski definition) is 3. The molecule has 0 unspecified atom stereocenters. The molecule has 1 aliphatic rings. The molecule has 0 radical (unpaired) electrons. The zero-order valence-electron chi connectivity index (χ0n) is 13.3. The number of amides is 2. The molecule has 8 heteroatoms. The number of benzene rings is 1. The highest BCUT2D eigenvalue weighted by atomic mass is 16.3. The van der Waals surface area contributed by atoms with Gasteiger partial charge in [0, 0.05) is 49.7 Å². The average Bonchev–Trinajstić information content (AvgIpc) is 2.65.